The Hall–Kier alpha value is -2.89. The summed E-state index contributed by atoms with van der Waals surface area (Å²) in [6.45, 7) is 2.73. The van der Waals surface area contributed by atoms with E-state index in [2.05, 4.69) is 17.4 Å². The van der Waals surface area contributed by atoms with E-state index < -0.39 is 0 Å². The molecule has 0 aliphatic rings. The van der Waals surface area contributed by atoms with Crippen LogP contribution in [0.1, 0.15) is 17.4 Å². The second-order valence-corrected chi connectivity index (χ2v) is 8.21. The predicted molar refractivity (Wildman–Crippen MR) is 124 cm³/mol. The Morgan fingerprint density at radius 2 is 1.77 bits per heavy atom. The molecule has 3 rings (SSSR count). The highest BCUT2D eigenvalue weighted by atomic mass is 35.5. The fourth-order valence-corrected chi connectivity index (χ4v) is 3.88. The van der Waals surface area contributed by atoms with Crippen LogP contribution in [0.15, 0.2) is 72.8 Å². The minimum absolute atomic E-state index is 0.0208. The first-order valence-electron chi connectivity index (χ1n) is 9.68. The molecule has 0 aliphatic carbocycles. The lowest BCUT2D eigenvalue weighted by atomic mass is 10.2. The third-order valence-corrected chi connectivity index (χ3v) is 5.86. The number of carbonyl (C=O) groups excluding carboxylic acids is 2. The van der Waals surface area contributed by atoms with Gasteiger partial charge in [-0.15, -0.1) is 11.3 Å². The Balaban J connectivity index is 1.53. The van der Waals surface area contributed by atoms with Crippen molar-refractivity contribution in [3.63, 3.8) is 0 Å². The molecule has 0 bridgehead atoms. The summed E-state index contributed by atoms with van der Waals surface area (Å²) in [4.78, 5) is 28.4. The molecule has 0 saturated carbocycles. The van der Waals surface area contributed by atoms with E-state index in [0.29, 0.717) is 18.1 Å². The molecular formula is C24H23ClN2O2S. The highest BCUT2D eigenvalue weighted by Gasteiger charge is 2.13. The summed E-state index contributed by atoms with van der Waals surface area (Å²) in [6.07, 6.45) is 3.32. The van der Waals surface area contributed by atoms with Gasteiger partial charge in [0.15, 0.2) is 0 Å². The maximum absolute atomic E-state index is 12.5. The Morgan fingerprint density at radius 1 is 1.03 bits per heavy atom. The summed E-state index contributed by atoms with van der Waals surface area (Å²) in [5.41, 5.74) is 2.11. The molecular weight excluding hydrogens is 416 g/mol. The summed E-state index contributed by atoms with van der Waals surface area (Å²) in [5.74, 6) is -0.384. The normalized spacial score (nSPS) is 10.9. The van der Waals surface area contributed by atoms with Crippen molar-refractivity contribution >= 4 is 40.8 Å². The number of hydrogen-bond donors (Lipinski definition) is 1. The Labute approximate surface area is 185 Å². The average Bonchev–Trinajstić information content (AvgIpc) is 3.25. The van der Waals surface area contributed by atoms with Gasteiger partial charge in [-0.25, -0.2) is 0 Å². The first-order chi connectivity index (χ1) is 14.5. The molecule has 1 heterocycles. The highest BCUT2D eigenvalue weighted by Crippen LogP contribution is 2.28. The van der Waals surface area contributed by atoms with E-state index in [-0.39, 0.29) is 18.4 Å². The molecule has 154 valence electrons. The van der Waals surface area contributed by atoms with Gasteiger partial charge in [0.2, 0.25) is 11.8 Å². The van der Waals surface area contributed by atoms with Crippen molar-refractivity contribution in [3.8, 4) is 10.4 Å². The molecule has 2 aromatic carbocycles. The Kier molecular flexibility index (Phi) is 7.82. The molecule has 0 radical (unpaired) electrons. The number of halogens is 1. The minimum Gasteiger partial charge on any atom is -0.350 e. The van der Waals surface area contributed by atoms with Crippen LogP contribution in [0.25, 0.3) is 16.5 Å². The Morgan fingerprint density at radius 3 is 2.47 bits per heavy atom. The Bertz CT molecular complexity index is 1010. The van der Waals surface area contributed by atoms with Crippen LogP contribution in [0.3, 0.4) is 0 Å². The van der Waals surface area contributed by atoms with Crippen LogP contribution in [-0.4, -0.2) is 29.8 Å². The predicted octanol–water partition coefficient (Wildman–Crippen LogP) is 5.25. The smallest absolute Gasteiger partial charge is 0.247 e. The van der Waals surface area contributed by atoms with Gasteiger partial charge >= 0.3 is 0 Å². The quantitative estimate of drug-likeness (QED) is 0.488. The molecule has 2 amide bonds. The molecule has 3 aromatic rings. The fourth-order valence-electron chi connectivity index (χ4n) is 2.84. The van der Waals surface area contributed by atoms with Crippen molar-refractivity contribution in [2.75, 3.05) is 13.1 Å². The summed E-state index contributed by atoms with van der Waals surface area (Å²) >= 11 is 7.49. The second-order valence-electron chi connectivity index (χ2n) is 6.66. The van der Waals surface area contributed by atoms with Crippen molar-refractivity contribution in [1.82, 2.24) is 10.2 Å². The lowest BCUT2D eigenvalue weighted by Crippen LogP contribution is -2.39. The van der Waals surface area contributed by atoms with Crippen LogP contribution in [-0.2, 0) is 16.1 Å². The van der Waals surface area contributed by atoms with Crippen molar-refractivity contribution in [2.45, 2.75) is 13.5 Å². The molecule has 6 heteroatoms. The number of amides is 2. The van der Waals surface area contributed by atoms with Gasteiger partial charge in [-0.2, -0.15) is 0 Å². The number of carbonyl (C=O) groups is 2. The van der Waals surface area contributed by atoms with Crippen molar-refractivity contribution in [2.24, 2.45) is 0 Å². The third kappa shape index (κ3) is 6.31. The standard InChI is InChI=1S/C24H23ClN2O2S/c1-2-27(17-23(28)26-16-18-8-10-20(25)11-9-18)24(29)15-13-21-12-14-22(30-21)19-6-4-3-5-7-19/h3-15H,2,16-17H2,1H3,(H,26,28)/b15-13+. The van der Waals surface area contributed by atoms with Crippen molar-refractivity contribution in [3.05, 3.63) is 88.3 Å². The number of rotatable bonds is 8. The zero-order chi connectivity index (χ0) is 21.3. The van der Waals surface area contributed by atoms with Crippen molar-refractivity contribution < 1.29 is 9.59 Å². The van der Waals surface area contributed by atoms with E-state index in [9.17, 15) is 9.59 Å². The molecule has 0 unspecified atom stereocenters. The van der Waals surface area contributed by atoms with E-state index >= 15 is 0 Å². The maximum atomic E-state index is 12.5. The highest BCUT2D eigenvalue weighted by molar-refractivity contribution is 7.16. The number of nitrogens with one attached hydrogen (secondary N) is 1. The average molecular weight is 439 g/mol. The molecule has 4 nitrogen and oxygen atoms in total. The van der Waals surface area contributed by atoms with Crippen LogP contribution in [0.2, 0.25) is 5.02 Å². The summed E-state index contributed by atoms with van der Waals surface area (Å²) < 4.78 is 0. The third-order valence-electron chi connectivity index (χ3n) is 4.51. The lowest BCUT2D eigenvalue weighted by Gasteiger charge is -2.18. The van der Waals surface area contributed by atoms with E-state index in [4.69, 9.17) is 11.6 Å². The van der Waals surface area contributed by atoms with Crippen LogP contribution < -0.4 is 5.32 Å². The van der Waals surface area contributed by atoms with E-state index in [1.54, 1.807) is 29.5 Å². The van der Waals surface area contributed by atoms with Gasteiger partial charge in [0.1, 0.15) is 0 Å². The van der Waals surface area contributed by atoms with Gasteiger partial charge in [-0.05, 0) is 48.4 Å². The molecule has 0 fully saturated rings. The van der Waals surface area contributed by atoms with E-state index in [1.165, 1.54) is 11.0 Å². The van der Waals surface area contributed by atoms with Crippen LogP contribution in [0.4, 0.5) is 0 Å². The first kappa shape index (κ1) is 21.8. The molecule has 0 atom stereocenters. The van der Waals surface area contributed by atoms with Crippen LogP contribution in [0.5, 0.6) is 0 Å². The molecule has 0 aliphatic heterocycles. The molecule has 30 heavy (non-hydrogen) atoms. The number of hydrogen-bond acceptors (Lipinski definition) is 3. The van der Waals surface area contributed by atoms with Crippen LogP contribution in [0, 0.1) is 0 Å². The van der Waals surface area contributed by atoms with Gasteiger partial charge in [0.05, 0.1) is 6.54 Å². The second kappa shape index (κ2) is 10.8. The molecule has 0 saturated heterocycles. The topological polar surface area (TPSA) is 49.4 Å². The summed E-state index contributed by atoms with van der Waals surface area (Å²) in [5, 5.41) is 3.49. The van der Waals surface area contributed by atoms with Gasteiger partial charge in [0, 0.05) is 33.9 Å². The fraction of sp³-hybridized carbons (Fsp3) is 0.167. The number of thiophene rings is 1. The van der Waals surface area contributed by atoms with E-state index in [1.807, 2.05) is 49.4 Å². The van der Waals surface area contributed by atoms with Gasteiger partial charge in [-0.3, -0.25) is 9.59 Å². The zero-order valence-electron chi connectivity index (χ0n) is 16.7. The van der Waals surface area contributed by atoms with Crippen LogP contribution >= 0.6 is 22.9 Å². The molecule has 1 N–H and O–H groups in total. The van der Waals surface area contributed by atoms with Gasteiger partial charge in [-0.1, -0.05) is 54.1 Å². The molecule has 1 aromatic heterocycles. The monoisotopic (exact) mass is 438 g/mol. The number of nitrogens with zero attached hydrogens (tertiary/aromatic N) is 1. The van der Waals surface area contributed by atoms with Gasteiger partial charge in [0.25, 0.3) is 0 Å². The minimum atomic E-state index is -0.198. The number of benzene rings is 2. The largest absolute Gasteiger partial charge is 0.350 e. The summed E-state index contributed by atoms with van der Waals surface area (Å²) in [6, 6.07) is 21.4. The van der Waals surface area contributed by atoms with Gasteiger partial charge < -0.3 is 10.2 Å². The van der Waals surface area contributed by atoms with Crippen molar-refractivity contribution in [1.29, 1.82) is 0 Å². The first-order valence-corrected chi connectivity index (χ1v) is 10.9. The number of likely N-dealkylation sites (N-methyl/N-ethyl adjacent to an activating group) is 1. The lowest BCUT2D eigenvalue weighted by molar-refractivity contribution is -0.132. The SMILES string of the molecule is CCN(CC(=O)NCc1ccc(Cl)cc1)C(=O)/C=C/c1ccc(-c2ccccc2)s1. The maximum Gasteiger partial charge on any atom is 0.247 e. The molecule has 0 spiro atoms. The zero-order valence-corrected chi connectivity index (χ0v) is 18.2. The summed E-state index contributed by atoms with van der Waals surface area (Å²) in [7, 11) is 0. The van der Waals surface area contributed by atoms with E-state index in [0.717, 1.165) is 20.9 Å².